The molecular weight excluding hydrogens is 530 g/mol. The Morgan fingerprint density at radius 2 is 1.73 bits per heavy atom. The van der Waals surface area contributed by atoms with Crippen molar-refractivity contribution in [3.63, 3.8) is 0 Å². The first-order valence-corrected chi connectivity index (χ1v) is 11.8. The van der Waals surface area contributed by atoms with Gasteiger partial charge in [0.25, 0.3) is 5.91 Å². The Bertz CT molecular complexity index is 1190. The quantitative estimate of drug-likeness (QED) is 0.282. The van der Waals surface area contributed by atoms with E-state index in [9.17, 15) is 40.7 Å². The van der Waals surface area contributed by atoms with Crippen LogP contribution in [0.1, 0.15) is 56.5 Å². The normalized spacial score (nSPS) is 15.2. The Hall–Kier alpha value is -3.29. The predicted octanol–water partition coefficient (Wildman–Crippen LogP) is 5.10. The number of aryl methyl sites for hydroxylation is 1. The molecule has 1 aromatic carbocycles. The summed E-state index contributed by atoms with van der Waals surface area (Å²) < 4.78 is 92.5. The van der Waals surface area contributed by atoms with Crippen LogP contribution in [0.25, 0.3) is 0 Å². The molecule has 7 nitrogen and oxygen atoms in total. The second-order valence-corrected chi connectivity index (χ2v) is 9.14. The SMILES string of the molecule is CCOC(=O)[C@@](NC(=O)c1cccc(C(F)(F)F)c1)(Nc1sc2c(c1C(=O)OC)CCCC2)C(F)(F)F. The number of carbonyl (C=O) groups is 3. The van der Waals surface area contributed by atoms with Gasteiger partial charge in [-0.15, -0.1) is 11.3 Å². The number of nitrogens with one attached hydrogen (secondary N) is 2. The minimum atomic E-state index is -5.56. The predicted molar refractivity (Wildman–Crippen MR) is 120 cm³/mol. The van der Waals surface area contributed by atoms with Gasteiger partial charge in [0, 0.05) is 10.4 Å². The highest BCUT2D eigenvalue weighted by molar-refractivity contribution is 7.16. The molecule has 2 aromatic rings. The number of anilines is 1. The van der Waals surface area contributed by atoms with Crippen molar-refractivity contribution >= 4 is 34.2 Å². The Kier molecular flexibility index (Phi) is 8.10. The third-order valence-electron chi connectivity index (χ3n) is 5.62. The van der Waals surface area contributed by atoms with E-state index in [1.807, 2.05) is 5.32 Å². The topological polar surface area (TPSA) is 93.7 Å². The van der Waals surface area contributed by atoms with E-state index >= 15 is 0 Å². The molecule has 14 heteroatoms. The van der Waals surface area contributed by atoms with Crippen LogP contribution in [0.3, 0.4) is 0 Å². The summed E-state index contributed by atoms with van der Waals surface area (Å²) in [6.07, 6.45) is -8.19. The molecular formula is C23H22F6N2O5S. The lowest BCUT2D eigenvalue weighted by molar-refractivity contribution is -0.204. The highest BCUT2D eigenvalue weighted by Crippen LogP contribution is 2.42. The summed E-state index contributed by atoms with van der Waals surface area (Å²) in [4.78, 5) is 38.8. The number of ether oxygens (including phenoxy) is 2. The van der Waals surface area contributed by atoms with Crippen LogP contribution in [-0.4, -0.2) is 43.4 Å². The Morgan fingerprint density at radius 1 is 1.05 bits per heavy atom. The van der Waals surface area contributed by atoms with Gasteiger partial charge in [-0.1, -0.05) is 6.07 Å². The van der Waals surface area contributed by atoms with Gasteiger partial charge in [0.15, 0.2) is 0 Å². The fourth-order valence-corrected chi connectivity index (χ4v) is 5.18. The molecule has 1 amide bonds. The average Bonchev–Trinajstić information content (AvgIpc) is 3.19. The maximum Gasteiger partial charge on any atom is 0.441 e. The summed E-state index contributed by atoms with van der Waals surface area (Å²) >= 11 is 0.793. The van der Waals surface area contributed by atoms with Gasteiger partial charge in [-0.3, -0.25) is 4.79 Å². The molecule has 0 radical (unpaired) electrons. The number of halogens is 6. The molecule has 0 fully saturated rings. The van der Waals surface area contributed by atoms with Crippen molar-refractivity contribution < 1.29 is 50.2 Å². The lowest BCUT2D eigenvalue weighted by Gasteiger charge is -2.35. The van der Waals surface area contributed by atoms with Gasteiger partial charge in [0.1, 0.15) is 5.00 Å². The molecule has 2 N–H and O–H groups in total. The number of rotatable bonds is 7. The summed E-state index contributed by atoms with van der Waals surface area (Å²) in [5.74, 6) is -4.55. The fourth-order valence-electron chi connectivity index (χ4n) is 3.85. The third kappa shape index (κ3) is 5.68. The zero-order chi connectivity index (χ0) is 27.6. The minimum absolute atomic E-state index is 0.214. The van der Waals surface area contributed by atoms with E-state index in [2.05, 4.69) is 4.74 Å². The van der Waals surface area contributed by atoms with Crippen LogP contribution in [0.15, 0.2) is 24.3 Å². The molecule has 3 rings (SSSR count). The number of alkyl halides is 6. The summed E-state index contributed by atoms with van der Waals surface area (Å²) in [5, 5.41) is 3.07. The molecule has 0 saturated carbocycles. The lowest BCUT2D eigenvalue weighted by atomic mass is 9.95. The average molecular weight is 552 g/mol. The van der Waals surface area contributed by atoms with Crippen molar-refractivity contribution in [2.75, 3.05) is 19.0 Å². The first-order valence-electron chi connectivity index (χ1n) is 11.0. The van der Waals surface area contributed by atoms with E-state index in [4.69, 9.17) is 4.74 Å². The maximum absolute atomic E-state index is 14.6. The standard InChI is InChI=1S/C23H22F6N2O5S/c1-3-36-20(34)21(23(27,28)29,30-17(32)12-7-6-8-13(11-12)22(24,25)26)31-18-16(19(33)35-2)14-9-4-5-10-15(14)37-18/h6-8,11,31H,3-5,9-10H2,1-2H3,(H,30,32)/t21-/m1/s1. The molecule has 0 saturated heterocycles. The van der Waals surface area contributed by atoms with Crippen LogP contribution in [0, 0.1) is 0 Å². The molecule has 202 valence electrons. The number of amides is 1. The zero-order valence-corrected chi connectivity index (χ0v) is 20.4. The van der Waals surface area contributed by atoms with Crippen molar-refractivity contribution in [1.82, 2.24) is 5.32 Å². The van der Waals surface area contributed by atoms with E-state index in [1.54, 1.807) is 0 Å². The lowest BCUT2D eigenvalue weighted by Crippen LogP contribution is -2.69. The van der Waals surface area contributed by atoms with Gasteiger partial charge in [-0.2, -0.15) is 26.3 Å². The fraction of sp³-hybridized carbons (Fsp3) is 0.435. The molecule has 1 heterocycles. The largest absolute Gasteiger partial charge is 0.465 e. The molecule has 0 spiro atoms. The molecule has 37 heavy (non-hydrogen) atoms. The molecule has 1 aliphatic carbocycles. The van der Waals surface area contributed by atoms with E-state index in [1.165, 1.54) is 12.2 Å². The molecule has 1 aromatic heterocycles. The monoisotopic (exact) mass is 552 g/mol. The Labute approximate surface area is 211 Å². The number of fused-ring (bicyclic) bond motifs is 1. The number of benzene rings is 1. The summed E-state index contributed by atoms with van der Waals surface area (Å²) in [5.41, 5.74) is -5.75. The van der Waals surface area contributed by atoms with Crippen molar-refractivity contribution in [3.05, 3.63) is 51.4 Å². The van der Waals surface area contributed by atoms with E-state index in [0.29, 0.717) is 41.8 Å². The van der Waals surface area contributed by atoms with Crippen LogP contribution >= 0.6 is 11.3 Å². The second kappa shape index (κ2) is 10.6. The van der Waals surface area contributed by atoms with Crippen molar-refractivity contribution in [2.24, 2.45) is 0 Å². The van der Waals surface area contributed by atoms with Crippen molar-refractivity contribution in [3.8, 4) is 0 Å². The van der Waals surface area contributed by atoms with E-state index < -0.39 is 58.6 Å². The van der Waals surface area contributed by atoms with Crippen LogP contribution in [0.2, 0.25) is 0 Å². The molecule has 0 bridgehead atoms. The molecule has 1 aliphatic rings. The second-order valence-electron chi connectivity index (χ2n) is 8.03. The number of hydrogen-bond acceptors (Lipinski definition) is 7. The first-order chi connectivity index (χ1) is 17.2. The highest BCUT2D eigenvalue weighted by atomic mass is 32.1. The van der Waals surface area contributed by atoms with Gasteiger partial charge in [-0.05, 0) is 56.4 Å². The highest BCUT2D eigenvalue weighted by Gasteiger charge is 2.64. The first kappa shape index (κ1) is 28.3. The van der Waals surface area contributed by atoms with Gasteiger partial charge in [-0.25, -0.2) is 9.59 Å². The van der Waals surface area contributed by atoms with Crippen LogP contribution in [-0.2, 0) is 33.3 Å². The summed E-state index contributed by atoms with van der Waals surface area (Å²) in [7, 11) is 1.04. The van der Waals surface area contributed by atoms with E-state index in [-0.39, 0.29) is 5.56 Å². The van der Waals surface area contributed by atoms with Gasteiger partial charge in [0.2, 0.25) is 0 Å². The number of hydrogen-bond donors (Lipinski definition) is 2. The number of esters is 2. The minimum Gasteiger partial charge on any atom is -0.465 e. The number of methoxy groups -OCH3 is 1. The smallest absolute Gasteiger partial charge is 0.441 e. The van der Waals surface area contributed by atoms with Crippen LogP contribution in [0.5, 0.6) is 0 Å². The summed E-state index contributed by atoms with van der Waals surface area (Å²) in [6.45, 7) is 0.722. The van der Waals surface area contributed by atoms with Crippen LogP contribution in [0.4, 0.5) is 31.3 Å². The Balaban J connectivity index is 2.14. The van der Waals surface area contributed by atoms with Gasteiger partial charge >= 0.3 is 30.0 Å². The van der Waals surface area contributed by atoms with Gasteiger partial charge in [0.05, 0.1) is 24.8 Å². The summed E-state index contributed by atoms with van der Waals surface area (Å²) in [6, 6.07) is 2.69. The third-order valence-corrected chi connectivity index (χ3v) is 6.83. The number of carbonyl (C=O) groups excluding carboxylic acids is 3. The van der Waals surface area contributed by atoms with Crippen molar-refractivity contribution in [1.29, 1.82) is 0 Å². The molecule has 1 atom stereocenters. The Morgan fingerprint density at radius 3 is 2.32 bits per heavy atom. The zero-order valence-electron chi connectivity index (χ0n) is 19.6. The maximum atomic E-state index is 14.6. The van der Waals surface area contributed by atoms with E-state index in [0.717, 1.165) is 37.0 Å². The molecule has 0 unspecified atom stereocenters. The van der Waals surface area contributed by atoms with Gasteiger partial charge < -0.3 is 20.1 Å². The van der Waals surface area contributed by atoms with Crippen LogP contribution < -0.4 is 10.6 Å². The van der Waals surface area contributed by atoms with Crippen molar-refractivity contribution in [2.45, 2.75) is 50.6 Å². The molecule has 0 aliphatic heterocycles. The number of thiophene rings is 1.